The number of ketones is 1. The summed E-state index contributed by atoms with van der Waals surface area (Å²) in [6.45, 7) is 4.23. The van der Waals surface area contributed by atoms with Gasteiger partial charge in [-0.2, -0.15) is 0 Å². The van der Waals surface area contributed by atoms with Gasteiger partial charge in [0.15, 0.2) is 5.78 Å². The summed E-state index contributed by atoms with van der Waals surface area (Å²) in [7, 11) is 1.62. The Balaban J connectivity index is 0.00000289. The lowest BCUT2D eigenvalue weighted by molar-refractivity contribution is -0.118. The highest BCUT2D eigenvalue weighted by Gasteiger charge is 2.43. The van der Waals surface area contributed by atoms with Crippen LogP contribution in [0.3, 0.4) is 0 Å². The van der Waals surface area contributed by atoms with E-state index in [2.05, 4.69) is 19.2 Å². The van der Waals surface area contributed by atoms with Gasteiger partial charge in [-0.25, -0.2) is 0 Å². The fourth-order valence-corrected chi connectivity index (χ4v) is 5.03. The predicted octanol–water partition coefficient (Wildman–Crippen LogP) is 6.73. The Morgan fingerprint density at radius 3 is 2.29 bits per heavy atom. The minimum atomic E-state index is -0.562. The average molecular weight is 533 g/mol. The molecule has 0 aromatic heterocycles. The van der Waals surface area contributed by atoms with E-state index in [-0.39, 0.29) is 34.1 Å². The number of fused-ring (bicyclic) bond motifs is 1. The number of allylic oxidation sites excluding steroid dienone is 1. The third-order valence-electron chi connectivity index (χ3n) is 6.57. The number of ether oxygens (including phenoxy) is 1. The minimum absolute atomic E-state index is 0. The van der Waals surface area contributed by atoms with Gasteiger partial charge >= 0.3 is 0 Å². The van der Waals surface area contributed by atoms with Crippen LogP contribution in [0.15, 0.2) is 90.1 Å². The molecule has 6 heteroatoms. The van der Waals surface area contributed by atoms with Crippen LogP contribution in [0.1, 0.15) is 48.7 Å². The molecule has 0 radical (unpaired) electrons. The van der Waals surface area contributed by atoms with E-state index < -0.39 is 6.04 Å². The number of carbonyl (C=O) groups excluding carboxylic acids is 2. The second kappa shape index (κ2) is 9.70. The highest BCUT2D eigenvalue weighted by Crippen LogP contribution is 2.48. The molecule has 3 aromatic carbocycles. The maximum absolute atomic E-state index is 14.1. The van der Waals surface area contributed by atoms with E-state index in [1.807, 2.05) is 78.9 Å². The molecule has 0 spiro atoms. The number of methoxy groups -OCH3 is 1. The zero-order valence-electron chi connectivity index (χ0n) is 20.1. The van der Waals surface area contributed by atoms with Crippen molar-refractivity contribution in [3.63, 3.8) is 0 Å². The summed E-state index contributed by atoms with van der Waals surface area (Å²) in [5.74, 6) is 0.641. The summed E-state index contributed by atoms with van der Waals surface area (Å²) in [5.41, 5.74) is 4.38. The standard InChI is InChI=1S/C29H28N2O3.BrH/c1-29(2)17-23-26(25(32)18-29)27(19-13-15-21(34-3)16-14-19)31(24-12-8-7-11-22(24)30-23)28(33)20-9-5-4-6-10-20;/h4-16,27,30H,17-18H2,1-3H3;1H. The second-order valence-electron chi connectivity index (χ2n) is 9.69. The largest absolute Gasteiger partial charge is 0.497 e. The van der Waals surface area contributed by atoms with Gasteiger partial charge in [-0.1, -0.05) is 56.3 Å². The van der Waals surface area contributed by atoms with Crippen LogP contribution in [-0.4, -0.2) is 18.8 Å². The molecule has 1 heterocycles. The van der Waals surface area contributed by atoms with Crippen molar-refractivity contribution in [3.8, 4) is 5.75 Å². The van der Waals surface area contributed by atoms with E-state index in [9.17, 15) is 9.59 Å². The molecule has 1 aliphatic heterocycles. The van der Waals surface area contributed by atoms with Gasteiger partial charge in [0.05, 0.1) is 24.5 Å². The zero-order chi connectivity index (χ0) is 23.9. The first-order chi connectivity index (χ1) is 16.4. The Morgan fingerprint density at radius 2 is 1.60 bits per heavy atom. The zero-order valence-corrected chi connectivity index (χ0v) is 21.8. The molecule has 0 bridgehead atoms. The number of hydrogen-bond acceptors (Lipinski definition) is 4. The lowest BCUT2D eigenvalue weighted by atomic mass is 9.73. The molecule has 0 fully saturated rings. The Hall–Kier alpha value is -3.38. The Bertz CT molecular complexity index is 1280. The minimum Gasteiger partial charge on any atom is -0.497 e. The van der Waals surface area contributed by atoms with Gasteiger partial charge < -0.3 is 10.1 Å². The number of nitrogens with one attached hydrogen (secondary N) is 1. The van der Waals surface area contributed by atoms with E-state index in [1.54, 1.807) is 12.0 Å². The molecule has 3 aromatic rings. The third kappa shape index (κ3) is 4.63. The van der Waals surface area contributed by atoms with Gasteiger partial charge in [0, 0.05) is 23.3 Å². The summed E-state index contributed by atoms with van der Waals surface area (Å²) < 4.78 is 5.36. The van der Waals surface area contributed by atoms with Crippen LogP contribution in [0.5, 0.6) is 5.75 Å². The van der Waals surface area contributed by atoms with Crippen LogP contribution in [0.2, 0.25) is 0 Å². The number of amides is 1. The van der Waals surface area contributed by atoms with Crippen molar-refractivity contribution in [3.05, 3.63) is 101 Å². The third-order valence-corrected chi connectivity index (χ3v) is 6.57. The van der Waals surface area contributed by atoms with Crippen LogP contribution in [0, 0.1) is 5.41 Å². The molecule has 1 N–H and O–H groups in total. The summed E-state index contributed by atoms with van der Waals surface area (Å²) in [4.78, 5) is 29.5. The van der Waals surface area contributed by atoms with E-state index in [0.717, 1.165) is 34.8 Å². The van der Waals surface area contributed by atoms with Crippen molar-refractivity contribution in [1.29, 1.82) is 0 Å². The van der Waals surface area contributed by atoms with Crippen LogP contribution in [-0.2, 0) is 4.79 Å². The van der Waals surface area contributed by atoms with Crippen molar-refractivity contribution in [2.75, 3.05) is 17.3 Å². The SMILES string of the molecule is Br.COc1ccc(C2C3=C(CC(C)(C)CC3=O)Nc3ccccc3N2C(=O)c2ccccc2)cc1. The lowest BCUT2D eigenvalue weighted by Crippen LogP contribution is -2.39. The smallest absolute Gasteiger partial charge is 0.259 e. The summed E-state index contributed by atoms with van der Waals surface area (Å²) in [5, 5.41) is 3.55. The number of anilines is 2. The normalized spacial score (nSPS) is 18.4. The summed E-state index contributed by atoms with van der Waals surface area (Å²) in [6.07, 6.45) is 1.16. The molecular formula is C29H29BrN2O3. The fourth-order valence-electron chi connectivity index (χ4n) is 5.03. The van der Waals surface area contributed by atoms with Gasteiger partial charge in [-0.15, -0.1) is 17.0 Å². The predicted molar refractivity (Wildman–Crippen MR) is 144 cm³/mol. The molecule has 1 aliphatic carbocycles. The van der Waals surface area contributed by atoms with Crippen molar-refractivity contribution < 1.29 is 14.3 Å². The second-order valence-corrected chi connectivity index (χ2v) is 9.69. The van der Waals surface area contributed by atoms with E-state index in [0.29, 0.717) is 17.6 Å². The number of benzene rings is 3. The Labute approximate surface area is 216 Å². The average Bonchev–Trinajstić information content (AvgIpc) is 2.97. The maximum Gasteiger partial charge on any atom is 0.259 e. The first kappa shape index (κ1) is 24.7. The van der Waals surface area contributed by atoms with E-state index in [1.165, 1.54) is 0 Å². The molecule has 0 saturated carbocycles. The van der Waals surface area contributed by atoms with Crippen LogP contribution in [0.25, 0.3) is 0 Å². The number of carbonyl (C=O) groups is 2. The summed E-state index contributed by atoms with van der Waals surface area (Å²) >= 11 is 0. The van der Waals surface area contributed by atoms with Crippen LogP contribution in [0.4, 0.5) is 11.4 Å². The Kier molecular flexibility index (Phi) is 6.86. The van der Waals surface area contributed by atoms with Crippen molar-refractivity contribution in [2.24, 2.45) is 5.41 Å². The van der Waals surface area contributed by atoms with Gasteiger partial charge in [-0.05, 0) is 53.8 Å². The number of hydrogen-bond donors (Lipinski definition) is 1. The van der Waals surface area contributed by atoms with Gasteiger partial charge in [0.1, 0.15) is 5.75 Å². The molecule has 180 valence electrons. The van der Waals surface area contributed by atoms with Crippen molar-refractivity contribution in [1.82, 2.24) is 0 Å². The monoisotopic (exact) mass is 532 g/mol. The Morgan fingerprint density at radius 1 is 0.943 bits per heavy atom. The first-order valence-electron chi connectivity index (χ1n) is 11.5. The molecule has 2 aliphatic rings. The van der Waals surface area contributed by atoms with Crippen LogP contribution < -0.4 is 15.0 Å². The highest BCUT2D eigenvalue weighted by atomic mass is 79.9. The molecule has 1 atom stereocenters. The molecule has 35 heavy (non-hydrogen) atoms. The number of rotatable bonds is 3. The number of para-hydroxylation sites is 2. The van der Waals surface area contributed by atoms with Gasteiger partial charge in [-0.3, -0.25) is 14.5 Å². The number of nitrogens with zero attached hydrogens (tertiary/aromatic N) is 1. The lowest BCUT2D eigenvalue weighted by Gasteiger charge is -2.37. The van der Waals surface area contributed by atoms with Gasteiger partial charge in [0.2, 0.25) is 0 Å². The topological polar surface area (TPSA) is 58.6 Å². The van der Waals surface area contributed by atoms with Gasteiger partial charge in [0.25, 0.3) is 5.91 Å². The fraction of sp³-hybridized carbons (Fsp3) is 0.241. The molecule has 0 saturated heterocycles. The molecule has 1 amide bonds. The first-order valence-corrected chi connectivity index (χ1v) is 11.5. The highest BCUT2D eigenvalue weighted by molar-refractivity contribution is 8.93. The molecule has 5 nitrogen and oxygen atoms in total. The number of Topliss-reactive ketones (excluding diaryl/α,β-unsaturated/α-hetero) is 1. The van der Waals surface area contributed by atoms with E-state index >= 15 is 0 Å². The van der Waals surface area contributed by atoms with Crippen LogP contribution >= 0.6 is 17.0 Å². The van der Waals surface area contributed by atoms with E-state index in [4.69, 9.17) is 4.74 Å². The number of halogens is 1. The van der Waals surface area contributed by atoms with Crippen molar-refractivity contribution in [2.45, 2.75) is 32.7 Å². The van der Waals surface area contributed by atoms with Crippen molar-refractivity contribution >= 4 is 40.0 Å². The quantitative estimate of drug-likeness (QED) is 0.406. The molecule has 1 unspecified atom stereocenters. The molecular weight excluding hydrogens is 504 g/mol. The maximum atomic E-state index is 14.1. The molecule has 5 rings (SSSR count). The summed E-state index contributed by atoms with van der Waals surface area (Å²) in [6, 6.07) is 24.1.